The minimum absolute atomic E-state index is 0.191. The van der Waals surface area contributed by atoms with E-state index in [9.17, 15) is 14.4 Å². The second kappa shape index (κ2) is 6.67. The average Bonchev–Trinajstić information content (AvgIpc) is 2.99. The molecule has 108 valence electrons. The van der Waals surface area contributed by atoms with Crippen molar-refractivity contribution < 1.29 is 14.4 Å². The molecular formula is C14H13N3O3S. The van der Waals surface area contributed by atoms with Crippen LogP contribution in [0.4, 0.5) is 5.69 Å². The molecule has 0 radical (unpaired) electrons. The summed E-state index contributed by atoms with van der Waals surface area (Å²) in [5, 5.41) is 6.81. The number of rotatable bonds is 5. The Kier molecular flexibility index (Phi) is 4.68. The van der Waals surface area contributed by atoms with Gasteiger partial charge >= 0.3 is 0 Å². The summed E-state index contributed by atoms with van der Waals surface area (Å²) in [7, 11) is 0. The smallest absolute Gasteiger partial charge is 0.261 e. The third-order valence-electron chi connectivity index (χ3n) is 2.62. The van der Waals surface area contributed by atoms with Crippen LogP contribution in [0, 0.1) is 0 Å². The molecule has 0 aliphatic heterocycles. The van der Waals surface area contributed by atoms with Gasteiger partial charge in [-0.05, 0) is 23.6 Å². The van der Waals surface area contributed by atoms with Crippen molar-refractivity contribution in [3.63, 3.8) is 0 Å². The Hall–Kier alpha value is -2.67. The number of hydrogen-bond donors (Lipinski definition) is 3. The Balaban J connectivity index is 1.93. The van der Waals surface area contributed by atoms with Gasteiger partial charge in [0.25, 0.3) is 11.8 Å². The van der Waals surface area contributed by atoms with Crippen LogP contribution < -0.4 is 16.4 Å². The zero-order chi connectivity index (χ0) is 15.2. The molecule has 6 nitrogen and oxygen atoms in total. The van der Waals surface area contributed by atoms with Gasteiger partial charge in [0.15, 0.2) is 0 Å². The van der Waals surface area contributed by atoms with Crippen LogP contribution in [-0.4, -0.2) is 24.3 Å². The average molecular weight is 303 g/mol. The van der Waals surface area contributed by atoms with E-state index in [1.54, 1.807) is 35.7 Å². The van der Waals surface area contributed by atoms with Crippen LogP contribution in [0.15, 0.2) is 41.8 Å². The molecule has 0 spiro atoms. The molecule has 2 aromatic rings. The lowest BCUT2D eigenvalue weighted by atomic mass is 10.1. The number of anilines is 1. The summed E-state index contributed by atoms with van der Waals surface area (Å²) in [6.07, 6.45) is 0. The van der Waals surface area contributed by atoms with Crippen molar-refractivity contribution in [2.24, 2.45) is 5.73 Å². The molecule has 4 N–H and O–H groups in total. The lowest BCUT2D eigenvalue weighted by Gasteiger charge is -2.09. The molecule has 0 atom stereocenters. The highest BCUT2D eigenvalue weighted by Crippen LogP contribution is 2.14. The summed E-state index contributed by atoms with van der Waals surface area (Å²) < 4.78 is 0. The van der Waals surface area contributed by atoms with Crippen LogP contribution in [0.1, 0.15) is 20.0 Å². The number of hydrogen-bond acceptors (Lipinski definition) is 4. The first-order valence-electron chi connectivity index (χ1n) is 6.08. The van der Waals surface area contributed by atoms with Crippen molar-refractivity contribution in [2.75, 3.05) is 11.9 Å². The van der Waals surface area contributed by atoms with E-state index >= 15 is 0 Å². The molecule has 1 aromatic carbocycles. The van der Waals surface area contributed by atoms with Crippen molar-refractivity contribution in [1.29, 1.82) is 0 Å². The molecule has 0 unspecified atom stereocenters. The van der Waals surface area contributed by atoms with E-state index in [1.807, 2.05) is 0 Å². The largest absolute Gasteiger partial charge is 0.366 e. The maximum Gasteiger partial charge on any atom is 0.261 e. The molecule has 1 heterocycles. The molecular weight excluding hydrogens is 290 g/mol. The predicted molar refractivity (Wildman–Crippen MR) is 80.2 cm³/mol. The maximum absolute atomic E-state index is 11.8. The van der Waals surface area contributed by atoms with Gasteiger partial charge in [-0.1, -0.05) is 18.2 Å². The molecule has 0 aliphatic carbocycles. The van der Waals surface area contributed by atoms with Crippen LogP contribution in [0.3, 0.4) is 0 Å². The Bertz CT molecular complexity index is 668. The number of carbonyl (C=O) groups is 3. The van der Waals surface area contributed by atoms with Crippen LogP contribution in [0.5, 0.6) is 0 Å². The van der Waals surface area contributed by atoms with Gasteiger partial charge in [-0.2, -0.15) is 0 Å². The number of para-hydroxylation sites is 1. The van der Waals surface area contributed by atoms with Crippen LogP contribution >= 0.6 is 11.3 Å². The first kappa shape index (κ1) is 14.7. The second-order valence-electron chi connectivity index (χ2n) is 4.12. The van der Waals surface area contributed by atoms with Crippen LogP contribution in [-0.2, 0) is 4.79 Å². The molecule has 21 heavy (non-hydrogen) atoms. The fourth-order valence-electron chi connectivity index (χ4n) is 1.66. The summed E-state index contributed by atoms with van der Waals surface area (Å²) in [5.74, 6) is -1.38. The predicted octanol–water partition coefficient (Wildman–Crippen LogP) is 1.22. The quantitative estimate of drug-likeness (QED) is 0.774. The topological polar surface area (TPSA) is 101 Å². The van der Waals surface area contributed by atoms with E-state index in [4.69, 9.17) is 5.73 Å². The number of thiophene rings is 1. The highest BCUT2D eigenvalue weighted by atomic mass is 32.1. The second-order valence-corrected chi connectivity index (χ2v) is 5.07. The van der Waals surface area contributed by atoms with Gasteiger partial charge in [0, 0.05) is 0 Å². The summed E-state index contributed by atoms with van der Waals surface area (Å²) in [6, 6.07) is 9.82. The van der Waals surface area contributed by atoms with E-state index in [1.165, 1.54) is 17.4 Å². The first-order chi connectivity index (χ1) is 10.1. The minimum Gasteiger partial charge on any atom is -0.366 e. The lowest BCUT2D eigenvalue weighted by Crippen LogP contribution is -2.32. The Morgan fingerprint density at radius 3 is 2.52 bits per heavy atom. The van der Waals surface area contributed by atoms with Gasteiger partial charge in [-0.3, -0.25) is 14.4 Å². The van der Waals surface area contributed by atoms with Gasteiger partial charge in [-0.25, -0.2) is 0 Å². The number of nitrogens with two attached hydrogens (primary N) is 1. The summed E-state index contributed by atoms with van der Waals surface area (Å²) in [5.41, 5.74) is 5.76. The van der Waals surface area contributed by atoms with E-state index in [2.05, 4.69) is 10.6 Å². The number of amides is 3. The third kappa shape index (κ3) is 3.90. The van der Waals surface area contributed by atoms with Gasteiger partial charge in [-0.15, -0.1) is 11.3 Å². The van der Waals surface area contributed by atoms with Gasteiger partial charge in [0.2, 0.25) is 5.91 Å². The Labute approximate surface area is 125 Å². The number of nitrogens with one attached hydrogen (secondary N) is 2. The van der Waals surface area contributed by atoms with Crippen LogP contribution in [0.2, 0.25) is 0 Å². The molecule has 0 fully saturated rings. The molecule has 0 saturated heterocycles. The zero-order valence-electron chi connectivity index (χ0n) is 11.0. The monoisotopic (exact) mass is 303 g/mol. The van der Waals surface area contributed by atoms with Crippen molar-refractivity contribution in [3.05, 3.63) is 52.2 Å². The Morgan fingerprint density at radius 2 is 1.86 bits per heavy atom. The fraction of sp³-hybridized carbons (Fsp3) is 0.0714. The van der Waals surface area contributed by atoms with E-state index in [-0.39, 0.29) is 18.0 Å². The molecule has 0 aliphatic rings. The van der Waals surface area contributed by atoms with Crippen molar-refractivity contribution >= 4 is 34.7 Å². The molecule has 2 rings (SSSR count). The van der Waals surface area contributed by atoms with E-state index in [0.717, 1.165) is 0 Å². The SMILES string of the molecule is NC(=O)c1ccccc1NC(=O)CNC(=O)c1cccs1. The minimum atomic E-state index is -0.631. The fourth-order valence-corrected chi connectivity index (χ4v) is 2.30. The van der Waals surface area contributed by atoms with Gasteiger partial charge < -0.3 is 16.4 Å². The van der Waals surface area contributed by atoms with Crippen LogP contribution in [0.25, 0.3) is 0 Å². The number of carbonyl (C=O) groups excluding carboxylic acids is 3. The summed E-state index contributed by atoms with van der Waals surface area (Å²) in [4.78, 5) is 35.2. The first-order valence-corrected chi connectivity index (χ1v) is 6.96. The zero-order valence-corrected chi connectivity index (χ0v) is 11.8. The molecule has 1 aromatic heterocycles. The number of benzene rings is 1. The summed E-state index contributed by atoms with van der Waals surface area (Å²) >= 11 is 1.29. The van der Waals surface area contributed by atoms with Gasteiger partial charge in [0.05, 0.1) is 22.7 Å². The van der Waals surface area contributed by atoms with Crippen molar-refractivity contribution in [1.82, 2.24) is 5.32 Å². The molecule has 3 amide bonds. The molecule has 0 saturated carbocycles. The van der Waals surface area contributed by atoms with Crippen molar-refractivity contribution in [2.45, 2.75) is 0 Å². The highest BCUT2D eigenvalue weighted by Gasteiger charge is 2.12. The Morgan fingerprint density at radius 1 is 1.10 bits per heavy atom. The highest BCUT2D eigenvalue weighted by molar-refractivity contribution is 7.12. The van der Waals surface area contributed by atoms with E-state index < -0.39 is 11.8 Å². The summed E-state index contributed by atoms with van der Waals surface area (Å²) in [6.45, 7) is -0.191. The standard InChI is InChI=1S/C14H13N3O3S/c15-13(19)9-4-1-2-5-10(9)17-12(18)8-16-14(20)11-6-3-7-21-11/h1-7H,8H2,(H2,15,19)(H,16,20)(H,17,18). The maximum atomic E-state index is 11.8. The molecule has 7 heteroatoms. The third-order valence-corrected chi connectivity index (χ3v) is 3.49. The molecule has 0 bridgehead atoms. The normalized spacial score (nSPS) is 9.90. The lowest BCUT2D eigenvalue weighted by molar-refractivity contribution is -0.115. The van der Waals surface area contributed by atoms with Gasteiger partial charge in [0.1, 0.15) is 0 Å². The van der Waals surface area contributed by atoms with E-state index in [0.29, 0.717) is 10.6 Å². The van der Waals surface area contributed by atoms with Crippen molar-refractivity contribution in [3.8, 4) is 0 Å². The number of primary amides is 1.